The third kappa shape index (κ3) is 7.85. The fourth-order valence-electron chi connectivity index (χ4n) is 2.70. The number of aliphatic hydroxyl groups excluding tert-OH is 1. The van der Waals surface area contributed by atoms with Gasteiger partial charge < -0.3 is 23.7 Å². The number of hydrogen-bond donors (Lipinski definition) is 1. The van der Waals surface area contributed by atoms with Gasteiger partial charge in [-0.3, -0.25) is 4.99 Å². The monoisotopic (exact) mass is 557 g/mol. The number of esters is 1. The highest BCUT2D eigenvalue weighted by molar-refractivity contribution is 9.10. The maximum absolute atomic E-state index is 12.8. The second-order valence-electron chi connectivity index (χ2n) is 9.83. The SMILES string of the molecule is CCOC(=O)C(C=N[C@H](CO[Si](C)(C)C(C)(C)C)C(C)C)=C(O)c1cc(Br)c(OC)cc1OC. The van der Waals surface area contributed by atoms with Crippen LogP contribution >= 0.6 is 15.9 Å². The van der Waals surface area contributed by atoms with Crippen molar-refractivity contribution in [3.63, 3.8) is 0 Å². The van der Waals surface area contributed by atoms with Crippen LogP contribution in [-0.4, -0.2) is 59.1 Å². The van der Waals surface area contributed by atoms with Crippen LogP contribution in [-0.2, 0) is 14.0 Å². The number of methoxy groups -OCH3 is 2. The Balaban J connectivity index is 3.46. The van der Waals surface area contributed by atoms with Crippen LogP contribution in [0.5, 0.6) is 11.5 Å². The van der Waals surface area contributed by atoms with Crippen LogP contribution in [0, 0.1) is 5.92 Å². The van der Waals surface area contributed by atoms with E-state index in [2.05, 4.69) is 54.8 Å². The topological polar surface area (TPSA) is 86.6 Å². The van der Waals surface area contributed by atoms with Crippen LogP contribution < -0.4 is 9.47 Å². The highest BCUT2D eigenvalue weighted by atomic mass is 79.9. The van der Waals surface area contributed by atoms with Crippen molar-refractivity contribution in [2.75, 3.05) is 27.4 Å². The standard InChI is InChI=1S/C25H40BrNO6Si/c1-11-32-24(29)18(23(28)17-12-19(26)22(31-8)13-21(17)30-7)14-27-20(16(2)3)15-33-34(9,10)25(4,5)6/h12-14,16,20,28H,11,15H2,1-10H3/t20-/m1/s1. The molecule has 9 heteroatoms. The maximum atomic E-state index is 12.8. The molecule has 0 bridgehead atoms. The van der Waals surface area contributed by atoms with Crippen molar-refractivity contribution < 1.29 is 28.5 Å². The Morgan fingerprint density at radius 3 is 2.24 bits per heavy atom. The molecule has 34 heavy (non-hydrogen) atoms. The minimum absolute atomic E-state index is 0.0600. The zero-order chi connectivity index (χ0) is 26.3. The summed E-state index contributed by atoms with van der Waals surface area (Å²) in [5.74, 6) is 0.0638. The lowest BCUT2D eigenvalue weighted by Crippen LogP contribution is -2.43. The largest absolute Gasteiger partial charge is 0.506 e. The van der Waals surface area contributed by atoms with Gasteiger partial charge in [0.2, 0.25) is 0 Å². The molecule has 0 aromatic heterocycles. The van der Waals surface area contributed by atoms with Gasteiger partial charge in [0.25, 0.3) is 0 Å². The van der Waals surface area contributed by atoms with Crippen molar-refractivity contribution in [3.8, 4) is 11.5 Å². The van der Waals surface area contributed by atoms with E-state index in [0.717, 1.165) is 0 Å². The van der Waals surface area contributed by atoms with E-state index in [0.29, 0.717) is 28.1 Å². The minimum Gasteiger partial charge on any atom is -0.506 e. The summed E-state index contributed by atoms with van der Waals surface area (Å²) >= 11 is 3.42. The number of ether oxygens (including phenoxy) is 3. The predicted octanol–water partition coefficient (Wildman–Crippen LogP) is 6.42. The number of aliphatic hydroxyl groups is 1. The van der Waals surface area contributed by atoms with Crippen LogP contribution in [0.1, 0.15) is 47.1 Å². The molecule has 0 spiro atoms. The summed E-state index contributed by atoms with van der Waals surface area (Å²) in [6, 6.07) is 3.05. The van der Waals surface area contributed by atoms with E-state index in [1.807, 2.05) is 13.8 Å². The molecule has 0 radical (unpaired) electrons. The number of carbonyl (C=O) groups excluding carboxylic acids is 1. The molecule has 7 nitrogen and oxygen atoms in total. The lowest BCUT2D eigenvalue weighted by atomic mass is 10.1. The number of carbonyl (C=O) groups is 1. The molecule has 0 amide bonds. The Kier molecular flexibility index (Phi) is 11.3. The van der Waals surface area contributed by atoms with Gasteiger partial charge in [-0.15, -0.1) is 0 Å². The fourth-order valence-corrected chi connectivity index (χ4v) is 4.22. The maximum Gasteiger partial charge on any atom is 0.343 e. The van der Waals surface area contributed by atoms with Gasteiger partial charge in [-0.2, -0.15) is 0 Å². The Hall–Kier alpha value is -1.84. The van der Waals surface area contributed by atoms with Gasteiger partial charge >= 0.3 is 5.97 Å². The molecule has 0 saturated heterocycles. The number of nitrogens with zero attached hydrogens (tertiary/aromatic N) is 1. The lowest BCUT2D eigenvalue weighted by molar-refractivity contribution is -0.137. The molecular weight excluding hydrogens is 518 g/mol. The van der Waals surface area contributed by atoms with Gasteiger partial charge in [-0.05, 0) is 53.0 Å². The molecule has 192 valence electrons. The summed E-state index contributed by atoms with van der Waals surface area (Å²) in [6.45, 7) is 17.3. The first-order chi connectivity index (χ1) is 15.7. The zero-order valence-corrected chi connectivity index (χ0v) is 24.7. The van der Waals surface area contributed by atoms with Crippen molar-refractivity contribution in [2.24, 2.45) is 10.9 Å². The number of aliphatic imine (C=N–C) groups is 1. The van der Waals surface area contributed by atoms with Crippen LogP contribution in [0.25, 0.3) is 5.76 Å². The minimum atomic E-state index is -1.97. The molecule has 1 rings (SSSR count). The molecule has 1 aromatic carbocycles. The molecule has 1 atom stereocenters. The second-order valence-corrected chi connectivity index (χ2v) is 15.5. The molecule has 0 aliphatic heterocycles. The average Bonchev–Trinajstić information content (AvgIpc) is 2.74. The van der Waals surface area contributed by atoms with Crippen molar-refractivity contribution in [3.05, 3.63) is 27.7 Å². The van der Waals surface area contributed by atoms with Crippen LogP contribution in [0.2, 0.25) is 18.1 Å². The lowest BCUT2D eigenvalue weighted by Gasteiger charge is -2.37. The van der Waals surface area contributed by atoms with Gasteiger partial charge in [0.15, 0.2) is 8.32 Å². The summed E-state index contributed by atoms with van der Waals surface area (Å²) < 4.78 is 22.9. The molecule has 0 aliphatic rings. The van der Waals surface area contributed by atoms with E-state index in [-0.39, 0.29) is 34.9 Å². The third-order valence-corrected chi connectivity index (χ3v) is 11.2. The van der Waals surface area contributed by atoms with E-state index in [9.17, 15) is 9.90 Å². The second kappa shape index (κ2) is 12.7. The summed E-state index contributed by atoms with van der Waals surface area (Å²) in [6.07, 6.45) is 1.38. The third-order valence-electron chi connectivity index (χ3n) is 6.07. The van der Waals surface area contributed by atoms with E-state index in [4.69, 9.17) is 18.6 Å². The van der Waals surface area contributed by atoms with E-state index < -0.39 is 14.3 Å². The van der Waals surface area contributed by atoms with Crippen LogP contribution in [0.3, 0.4) is 0 Å². The average molecular weight is 559 g/mol. The Bertz CT molecular complexity index is 905. The highest BCUT2D eigenvalue weighted by Crippen LogP contribution is 2.38. The number of hydrogen-bond acceptors (Lipinski definition) is 7. The Morgan fingerprint density at radius 2 is 1.76 bits per heavy atom. The predicted molar refractivity (Wildman–Crippen MR) is 144 cm³/mol. The zero-order valence-electron chi connectivity index (χ0n) is 22.1. The Morgan fingerprint density at radius 1 is 1.18 bits per heavy atom. The van der Waals surface area contributed by atoms with Crippen LogP contribution in [0.15, 0.2) is 27.2 Å². The first-order valence-corrected chi connectivity index (χ1v) is 15.1. The van der Waals surface area contributed by atoms with Crippen LogP contribution in [0.4, 0.5) is 0 Å². The van der Waals surface area contributed by atoms with Crippen molar-refractivity contribution in [1.29, 1.82) is 0 Å². The van der Waals surface area contributed by atoms with E-state index in [1.54, 1.807) is 19.1 Å². The molecular formula is C25H40BrNO6Si. The summed E-state index contributed by atoms with van der Waals surface area (Å²) in [5.41, 5.74) is 0.249. The van der Waals surface area contributed by atoms with E-state index in [1.165, 1.54) is 20.4 Å². The summed E-state index contributed by atoms with van der Waals surface area (Å²) in [7, 11) is 1.04. The number of benzene rings is 1. The van der Waals surface area contributed by atoms with Gasteiger partial charge in [-0.1, -0.05) is 34.6 Å². The fraction of sp³-hybridized carbons (Fsp3) is 0.600. The van der Waals surface area contributed by atoms with Crippen molar-refractivity contribution in [1.82, 2.24) is 0 Å². The molecule has 0 saturated carbocycles. The summed E-state index contributed by atoms with van der Waals surface area (Å²) in [5, 5.41) is 11.2. The van der Waals surface area contributed by atoms with Gasteiger partial charge in [0.05, 0.1) is 43.5 Å². The number of halogens is 1. The first kappa shape index (κ1) is 30.2. The van der Waals surface area contributed by atoms with Crippen molar-refractivity contribution in [2.45, 2.75) is 65.7 Å². The molecule has 0 aliphatic carbocycles. The van der Waals surface area contributed by atoms with Gasteiger partial charge in [-0.25, -0.2) is 4.79 Å². The molecule has 1 aromatic rings. The molecule has 0 fully saturated rings. The van der Waals surface area contributed by atoms with Gasteiger partial charge in [0.1, 0.15) is 22.8 Å². The highest BCUT2D eigenvalue weighted by Gasteiger charge is 2.37. The quantitative estimate of drug-likeness (QED) is 0.111. The number of rotatable bonds is 11. The molecule has 0 unspecified atom stereocenters. The normalized spacial score (nSPS) is 14.2. The van der Waals surface area contributed by atoms with Crippen molar-refractivity contribution >= 4 is 42.2 Å². The first-order valence-electron chi connectivity index (χ1n) is 11.4. The smallest absolute Gasteiger partial charge is 0.343 e. The Labute approximate surface area is 213 Å². The van der Waals surface area contributed by atoms with E-state index >= 15 is 0 Å². The summed E-state index contributed by atoms with van der Waals surface area (Å²) in [4.78, 5) is 17.4. The van der Waals surface area contributed by atoms with Gasteiger partial charge in [0, 0.05) is 12.3 Å². The molecule has 1 N–H and O–H groups in total. The molecule has 0 heterocycles.